The quantitative estimate of drug-likeness (QED) is 0.172. The molecule has 0 saturated carbocycles. The minimum absolute atomic E-state index is 0.0789. The zero-order chi connectivity index (χ0) is 27.5. The number of fused-ring (bicyclic) bond motifs is 1. The zero-order valence-corrected chi connectivity index (χ0v) is 23.0. The predicted octanol–water partition coefficient (Wildman–Crippen LogP) is 7.03. The number of allylic oxidation sites excluding steroid dienone is 9. The maximum atomic E-state index is 11.7. The number of Topliss-reactive ketones (excluding diaryl/α,β-unsaturated/α-hetero) is 1. The number of carbonyl (C=O) groups is 1. The SMILES string of the molecule is C=NC1=C(Br)C(CC2C=CC(C(=C=O)C(C)=O)=CC2)=CC(=C)c2c(-c3ccc(-c4ccccc4)nc3)cnn21. The van der Waals surface area contributed by atoms with Crippen molar-refractivity contribution in [3.63, 3.8) is 0 Å². The van der Waals surface area contributed by atoms with Gasteiger partial charge >= 0.3 is 0 Å². The van der Waals surface area contributed by atoms with Gasteiger partial charge in [-0.3, -0.25) is 9.78 Å². The molecular weight excluding hydrogens is 552 g/mol. The van der Waals surface area contributed by atoms with E-state index in [2.05, 4.69) is 44.3 Å². The van der Waals surface area contributed by atoms with Gasteiger partial charge in [0.15, 0.2) is 11.6 Å². The van der Waals surface area contributed by atoms with Gasteiger partial charge in [-0.1, -0.05) is 61.2 Å². The third-order valence-corrected chi connectivity index (χ3v) is 7.67. The number of hydrogen-bond donors (Lipinski definition) is 0. The molecule has 3 heterocycles. The Balaban J connectivity index is 1.44. The lowest BCUT2D eigenvalue weighted by molar-refractivity contribution is -0.113. The van der Waals surface area contributed by atoms with Crippen LogP contribution in [0.4, 0.5) is 0 Å². The van der Waals surface area contributed by atoms with Crippen LogP contribution in [0.25, 0.3) is 33.8 Å². The highest BCUT2D eigenvalue weighted by Crippen LogP contribution is 2.41. The van der Waals surface area contributed by atoms with Crippen molar-refractivity contribution in [1.29, 1.82) is 0 Å². The van der Waals surface area contributed by atoms with E-state index in [4.69, 9.17) is 0 Å². The van der Waals surface area contributed by atoms with Crippen molar-refractivity contribution >= 4 is 45.8 Å². The van der Waals surface area contributed by atoms with Crippen molar-refractivity contribution in [1.82, 2.24) is 14.8 Å². The fourth-order valence-corrected chi connectivity index (χ4v) is 5.41. The van der Waals surface area contributed by atoms with E-state index in [0.717, 1.165) is 43.7 Å². The average molecular weight is 577 g/mol. The summed E-state index contributed by atoms with van der Waals surface area (Å²) in [4.78, 5) is 31.9. The lowest BCUT2D eigenvalue weighted by Crippen LogP contribution is -2.07. The Labute approximate surface area is 235 Å². The Bertz CT molecular complexity index is 1660. The first kappa shape index (κ1) is 26.2. The molecule has 0 bridgehead atoms. The van der Waals surface area contributed by atoms with Crippen LogP contribution in [0.5, 0.6) is 0 Å². The zero-order valence-electron chi connectivity index (χ0n) is 21.4. The van der Waals surface area contributed by atoms with Gasteiger partial charge in [0.05, 0.1) is 22.1 Å². The van der Waals surface area contributed by atoms with Crippen molar-refractivity contribution in [3.8, 4) is 22.4 Å². The Kier molecular flexibility index (Phi) is 7.46. The van der Waals surface area contributed by atoms with Crippen LogP contribution >= 0.6 is 15.9 Å². The molecule has 0 N–H and O–H groups in total. The first-order chi connectivity index (χ1) is 18.9. The van der Waals surface area contributed by atoms with E-state index < -0.39 is 0 Å². The van der Waals surface area contributed by atoms with Crippen LogP contribution in [0.2, 0.25) is 0 Å². The van der Waals surface area contributed by atoms with Crippen LogP contribution in [0.1, 0.15) is 25.5 Å². The van der Waals surface area contributed by atoms with Crippen molar-refractivity contribution in [2.24, 2.45) is 10.9 Å². The summed E-state index contributed by atoms with van der Waals surface area (Å²) in [5, 5.41) is 4.64. The molecule has 1 aliphatic carbocycles. The Morgan fingerprint density at radius 3 is 2.59 bits per heavy atom. The molecule has 1 aliphatic heterocycles. The van der Waals surface area contributed by atoms with Gasteiger partial charge in [-0.2, -0.15) is 5.10 Å². The van der Waals surface area contributed by atoms with E-state index in [1.807, 2.05) is 73.0 Å². The molecule has 39 heavy (non-hydrogen) atoms. The predicted molar refractivity (Wildman–Crippen MR) is 160 cm³/mol. The average Bonchev–Trinajstić information content (AvgIpc) is 3.36. The molecule has 192 valence electrons. The van der Waals surface area contributed by atoms with Crippen molar-refractivity contribution < 1.29 is 9.59 Å². The van der Waals surface area contributed by atoms with Gasteiger partial charge in [-0.25, -0.2) is 14.5 Å². The van der Waals surface area contributed by atoms with E-state index in [0.29, 0.717) is 24.2 Å². The number of benzene rings is 1. The minimum Gasteiger partial charge on any atom is -0.294 e. The monoisotopic (exact) mass is 576 g/mol. The number of aliphatic imine (C=N–C) groups is 1. The third kappa shape index (κ3) is 5.15. The molecule has 1 aromatic carbocycles. The number of ketones is 1. The summed E-state index contributed by atoms with van der Waals surface area (Å²) in [7, 11) is 0. The van der Waals surface area contributed by atoms with Gasteiger partial charge in [-0.05, 0) is 77.2 Å². The van der Waals surface area contributed by atoms with Gasteiger partial charge in [0.1, 0.15) is 11.5 Å². The molecule has 0 amide bonds. The minimum atomic E-state index is -0.287. The van der Waals surface area contributed by atoms with E-state index >= 15 is 0 Å². The fraction of sp³-hybridized carbons (Fsp3) is 0.125. The van der Waals surface area contributed by atoms with E-state index in [1.165, 1.54) is 6.92 Å². The van der Waals surface area contributed by atoms with E-state index in [9.17, 15) is 9.59 Å². The summed E-state index contributed by atoms with van der Waals surface area (Å²) in [6.07, 6.45) is 12.8. The Morgan fingerprint density at radius 2 is 1.97 bits per heavy atom. The first-order valence-corrected chi connectivity index (χ1v) is 13.2. The van der Waals surface area contributed by atoms with Crippen LogP contribution in [0, 0.1) is 5.92 Å². The molecular formula is C32H25BrN4O2. The maximum absolute atomic E-state index is 11.7. The number of carbonyl (C=O) groups excluding carboxylic acids is 2. The van der Waals surface area contributed by atoms with Crippen molar-refractivity contribution in [3.05, 3.63) is 113 Å². The molecule has 6 nitrogen and oxygen atoms in total. The largest absolute Gasteiger partial charge is 0.294 e. The molecule has 0 fully saturated rings. The van der Waals surface area contributed by atoms with E-state index in [1.54, 1.807) is 16.8 Å². The van der Waals surface area contributed by atoms with Gasteiger partial charge in [0, 0.05) is 22.9 Å². The number of hydrogen-bond acceptors (Lipinski definition) is 5. The van der Waals surface area contributed by atoms with Gasteiger partial charge in [-0.15, -0.1) is 0 Å². The molecule has 7 heteroatoms. The second kappa shape index (κ2) is 11.1. The van der Waals surface area contributed by atoms with Crippen LogP contribution in [-0.2, 0) is 9.59 Å². The van der Waals surface area contributed by atoms with Gasteiger partial charge in [0.2, 0.25) is 0 Å². The third-order valence-electron chi connectivity index (χ3n) is 6.81. The molecule has 2 aromatic heterocycles. The normalized spacial score (nSPS) is 16.6. The summed E-state index contributed by atoms with van der Waals surface area (Å²) in [6, 6.07) is 14.1. The molecule has 0 saturated heterocycles. The highest BCUT2D eigenvalue weighted by molar-refractivity contribution is 9.12. The molecule has 2 aliphatic rings. The maximum Gasteiger partial charge on any atom is 0.171 e. The summed E-state index contributed by atoms with van der Waals surface area (Å²) >= 11 is 3.75. The van der Waals surface area contributed by atoms with Crippen LogP contribution in [-0.4, -0.2) is 33.2 Å². The Morgan fingerprint density at radius 1 is 1.18 bits per heavy atom. The summed E-state index contributed by atoms with van der Waals surface area (Å²) in [5.74, 6) is 2.21. The smallest absolute Gasteiger partial charge is 0.171 e. The summed E-state index contributed by atoms with van der Waals surface area (Å²) in [6.45, 7) is 9.55. The van der Waals surface area contributed by atoms with Crippen LogP contribution in [0.3, 0.4) is 0 Å². The van der Waals surface area contributed by atoms with Gasteiger partial charge < -0.3 is 0 Å². The standard InChI is InChI=1S/C32H25BrN4O2/c1-20-15-26(16-22-9-11-23(12-10-22)28(19-38)21(2)39)30(33)32(34-3)37-31(20)27(18-36-37)25-13-14-29(35-17-25)24-7-5-4-6-8-24/h4-9,11-15,17-18,22H,1,3,10,16H2,2H3. The first-order valence-electron chi connectivity index (χ1n) is 12.4. The van der Waals surface area contributed by atoms with Crippen LogP contribution in [0.15, 0.2) is 112 Å². The molecule has 1 atom stereocenters. The molecule has 3 aromatic rings. The van der Waals surface area contributed by atoms with Crippen molar-refractivity contribution in [2.75, 3.05) is 0 Å². The van der Waals surface area contributed by atoms with Crippen molar-refractivity contribution in [2.45, 2.75) is 19.8 Å². The fourth-order valence-electron chi connectivity index (χ4n) is 4.84. The number of halogens is 1. The molecule has 0 radical (unpaired) electrons. The second-order valence-electron chi connectivity index (χ2n) is 9.36. The highest BCUT2D eigenvalue weighted by Gasteiger charge is 2.25. The number of rotatable bonds is 7. The Hall–Kier alpha value is -4.45. The number of nitrogens with zero attached hydrogens (tertiary/aromatic N) is 4. The molecule has 0 spiro atoms. The topological polar surface area (TPSA) is 77.2 Å². The van der Waals surface area contributed by atoms with E-state index in [-0.39, 0.29) is 17.3 Å². The molecule has 5 rings (SSSR count). The lowest BCUT2D eigenvalue weighted by atomic mass is 9.87. The summed E-state index contributed by atoms with van der Waals surface area (Å²) < 4.78 is 2.54. The second-order valence-corrected chi connectivity index (χ2v) is 10.2. The highest BCUT2D eigenvalue weighted by atomic mass is 79.9. The van der Waals surface area contributed by atoms with Gasteiger partial charge in [0.25, 0.3) is 0 Å². The number of pyridine rings is 1. The molecule has 1 unspecified atom stereocenters. The van der Waals surface area contributed by atoms with Crippen LogP contribution < -0.4 is 0 Å². The number of aromatic nitrogens is 3. The lowest BCUT2D eigenvalue weighted by Gasteiger charge is -2.18. The summed E-state index contributed by atoms with van der Waals surface area (Å²) in [5.41, 5.74) is 7.08.